The summed E-state index contributed by atoms with van der Waals surface area (Å²) in [5.41, 5.74) is 0. The number of aliphatic carboxylic acids is 1. The Morgan fingerprint density at radius 2 is 0.951 bits per heavy atom. The van der Waals surface area contributed by atoms with Crippen LogP contribution in [0.5, 0.6) is 0 Å². The number of hydrogen-bond acceptors (Lipinski definition) is 3. The van der Waals surface area contributed by atoms with Crippen LogP contribution in [0.1, 0.15) is 27.7 Å². The Kier molecular flexibility index (Phi) is 26.6. The molecule has 0 heterocycles. The van der Waals surface area contributed by atoms with Crippen LogP contribution in [0.4, 0.5) is 13.2 Å². The second-order valence-electron chi connectivity index (χ2n) is 7.80. The molecule has 0 unspecified atom stereocenters. The molecule has 0 radical (unpaired) electrons. The molecule has 3 rings (SSSR count). The van der Waals surface area contributed by atoms with Gasteiger partial charge in [0.05, 0.1) is 0 Å². The zero-order valence-corrected chi connectivity index (χ0v) is 24.7. The molecule has 0 aliphatic heterocycles. The Morgan fingerprint density at radius 1 is 0.732 bits per heavy atom. The van der Waals surface area contributed by atoms with Crippen molar-refractivity contribution in [3.63, 3.8) is 0 Å². The minimum Gasteiger partial charge on any atom is -0.0622 e. The monoisotopic (exact) mass is 627 g/mol. The van der Waals surface area contributed by atoms with Crippen molar-refractivity contribution in [2.75, 3.05) is 0 Å². The van der Waals surface area contributed by atoms with Crippen LogP contribution in [0.15, 0.2) is 91.0 Å². The van der Waals surface area contributed by atoms with Crippen molar-refractivity contribution in [2.45, 2.75) is 46.0 Å². The smallest absolute Gasteiger partial charge is 0.0134 e. The predicted octanol–water partition coefficient (Wildman–Crippen LogP) is 4.20. The van der Waals surface area contributed by atoms with Crippen molar-refractivity contribution in [3.8, 4) is 4.85 Å². The van der Waals surface area contributed by atoms with Gasteiger partial charge in [-0.2, -0.15) is 13.2 Å². The molecule has 0 amide bonds. The van der Waals surface area contributed by atoms with Crippen LogP contribution in [0, 0.1) is 24.8 Å². The topological polar surface area (TPSA) is 103 Å². The van der Waals surface area contributed by atoms with Gasteiger partial charge in [-0.05, 0) is 23.8 Å². The quantitative estimate of drug-likeness (QED) is 0.139. The van der Waals surface area contributed by atoms with Crippen molar-refractivity contribution in [1.29, 1.82) is 0 Å². The van der Waals surface area contributed by atoms with Crippen molar-refractivity contribution in [3.05, 3.63) is 111 Å². The van der Waals surface area contributed by atoms with Gasteiger partial charge in [0.1, 0.15) is 5.97 Å². The van der Waals surface area contributed by atoms with E-state index in [1.165, 1.54) is 15.9 Å². The first-order valence-corrected chi connectivity index (χ1v) is 13.4. The number of carbonyl (C=O) groups excluding carboxylic acids is 1. The Bertz CT molecular complexity index is 1070. The molecule has 0 N–H and O–H groups in total. The maximum atomic E-state index is 10.5. The van der Waals surface area contributed by atoms with Gasteiger partial charge in [0.2, 0.25) is 0 Å². The summed E-state index contributed by atoms with van der Waals surface area (Å²) in [4.78, 5) is 13.8. The van der Waals surface area contributed by atoms with Crippen LogP contribution in [0.3, 0.4) is 0 Å². The maximum absolute atomic E-state index is 10.5. The molecule has 3 aromatic carbocycles. The summed E-state index contributed by atoms with van der Waals surface area (Å²) in [5.74, 6) is -3.01. The predicted molar refractivity (Wildman–Crippen MR) is 144 cm³/mol. The number of halogens is 3. The first kappa shape index (κ1) is 42.3. The normalized spacial score (nSPS) is 9.39. The summed E-state index contributed by atoms with van der Waals surface area (Å²) in [6.45, 7) is 22.0. The zero-order chi connectivity index (χ0) is 32.4. The molecule has 0 spiro atoms. The van der Waals surface area contributed by atoms with E-state index in [0.717, 1.165) is 0 Å². The average Bonchev–Trinajstić information content (AvgIpc) is 2.98. The van der Waals surface area contributed by atoms with Crippen molar-refractivity contribution in [1.82, 2.24) is 4.90 Å². The van der Waals surface area contributed by atoms with Gasteiger partial charge in [0.15, 0.2) is 0 Å². The van der Waals surface area contributed by atoms with Crippen LogP contribution in [0.2, 0.25) is 0 Å². The van der Waals surface area contributed by atoms with Gasteiger partial charge >= 0.3 is 105 Å². The fraction of sp³-hybridized carbons (Fsp3) is 0.233. The van der Waals surface area contributed by atoms with E-state index in [0.29, 0.717) is 12.1 Å². The second-order valence-corrected chi connectivity index (χ2v) is 10.3. The number of carboxylic acids is 1. The SMILES string of the molecule is CC(C)N([C]#[Fe+])C(C)C.O=C([O-])C(F)(F)F.[C-]#[O+].[C-]#[O+].[C-]#[O+].c1ccc(P(c2ccccc2)c2ccccc2)cc1. The summed E-state index contributed by atoms with van der Waals surface area (Å²) in [7, 11) is -0.446. The Balaban J connectivity index is -0.000000554. The van der Waals surface area contributed by atoms with E-state index in [1.807, 2.05) is 0 Å². The number of nitrogens with zero attached hydrogens (tertiary/aromatic N) is 1. The molecule has 0 fully saturated rings. The molecule has 0 saturated carbocycles. The molecule has 11 heteroatoms. The van der Waals surface area contributed by atoms with Crippen molar-refractivity contribution in [2.24, 2.45) is 0 Å². The molecule has 218 valence electrons. The molecule has 0 aliphatic rings. The second kappa shape index (κ2) is 25.8. The Labute approximate surface area is 248 Å². The van der Waals surface area contributed by atoms with E-state index in [9.17, 15) is 13.2 Å². The maximum Gasteiger partial charge on any atom is -0.0134 e. The van der Waals surface area contributed by atoms with Gasteiger partial charge in [-0.3, -0.25) is 0 Å². The fourth-order valence-corrected chi connectivity index (χ4v) is 5.83. The van der Waals surface area contributed by atoms with E-state index >= 15 is 0 Å². The summed E-state index contributed by atoms with van der Waals surface area (Å²) < 4.78 is 54.0. The molecule has 6 nitrogen and oxygen atoms in total. The van der Waals surface area contributed by atoms with E-state index < -0.39 is 20.1 Å². The van der Waals surface area contributed by atoms with E-state index in [4.69, 9.17) is 23.9 Å². The first-order valence-electron chi connectivity index (χ1n) is 11.5. The minimum atomic E-state index is -5.19. The first-order chi connectivity index (χ1) is 19.5. The number of carbonyl (C=O) groups is 1. The summed E-state index contributed by atoms with van der Waals surface area (Å²) in [5, 5.41) is 13.0. The van der Waals surface area contributed by atoms with Gasteiger partial charge in [0.25, 0.3) is 0 Å². The Morgan fingerprint density at radius 3 is 1.07 bits per heavy atom. The molecule has 0 atom stereocenters. The van der Waals surface area contributed by atoms with Crippen LogP contribution in [0.25, 0.3) is 0 Å². The summed E-state index contributed by atoms with van der Waals surface area (Å²) in [6, 6.07) is 33.4. The number of benzene rings is 3. The van der Waals surface area contributed by atoms with Crippen LogP contribution < -0.4 is 21.0 Å². The molecule has 0 aromatic heterocycles. The summed E-state index contributed by atoms with van der Waals surface area (Å²) in [6.07, 6.45) is -5.19. The molecule has 41 heavy (non-hydrogen) atoms. The zero-order valence-electron chi connectivity index (χ0n) is 22.7. The van der Waals surface area contributed by atoms with Crippen LogP contribution in [-0.2, 0) is 34.1 Å². The average molecular weight is 627 g/mol. The minimum absolute atomic E-state index is 0.446. The number of rotatable bonds is 5. The molecular formula is C30H29F3FeNO5P. The molecule has 3 aromatic rings. The van der Waals surface area contributed by atoms with Crippen LogP contribution >= 0.6 is 7.92 Å². The molecule has 0 aliphatic carbocycles. The van der Waals surface area contributed by atoms with Gasteiger partial charge in [-0.1, -0.05) is 91.0 Å². The number of hydrogen-bond donors (Lipinski definition) is 0. The van der Waals surface area contributed by atoms with Crippen molar-refractivity contribution < 1.29 is 52.4 Å². The third kappa shape index (κ3) is 18.7. The van der Waals surface area contributed by atoms with Crippen LogP contribution in [-0.4, -0.2) is 29.1 Å². The molecular weight excluding hydrogens is 598 g/mol. The summed E-state index contributed by atoms with van der Waals surface area (Å²) >= 11 is 3.60. The van der Waals surface area contributed by atoms with Gasteiger partial charge in [-0.15, -0.1) is 0 Å². The largest absolute Gasteiger partial charge is 0.0622 e. The van der Waals surface area contributed by atoms with Gasteiger partial charge < -0.3 is 9.90 Å². The van der Waals surface area contributed by atoms with E-state index in [2.05, 4.69) is 164 Å². The fourth-order valence-electron chi connectivity index (χ4n) is 2.96. The third-order valence-electron chi connectivity index (χ3n) is 4.48. The molecule has 0 bridgehead atoms. The van der Waals surface area contributed by atoms with E-state index in [1.54, 1.807) is 0 Å². The number of alkyl halides is 3. The van der Waals surface area contributed by atoms with Gasteiger partial charge in [-0.25, -0.2) is 0 Å². The standard InChI is InChI=1S/C18H15P.C7H14N.C2HF3O2.3CO.Fe/c1-4-10-16(11-5-1)19(17-12-6-2-7-13-17)18-14-8-3-9-15-18;1-6(2)8(5)7(3)4;3-2(4,5)1(6)7;3*1-2;/h1-15H;6-7H,1-4H3;(H,6,7);;;;/q;;;;;;+1/p-1. The van der Waals surface area contributed by atoms with Gasteiger partial charge in [0, 0.05) is 0 Å². The third-order valence-corrected chi connectivity index (χ3v) is 7.21. The van der Waals surface area contributed by atoms with Crippen molar-refractivity contribution >= 4 is 29.8 Å². The molecule has 0 saturated heterocycles. The van der Waals surface area contributed by atoms with E-state index in [-0.39, 0.29) is 0 Å². The number of carboxylic acid groups (broad SMARTS) is 1. The Hall–Kier alpha value is -3.17.